The molecule has 0 N–H and O–H groups in total. The van der Waals surface area contributed by atoms with Gasteiger partial charge in [0.1, 0.15) is 0 Å². The fraction of sp³-hybridized carbons (Fsp3) is 0.333. The molecule has 3 aromatic rings. The predicted molar refractivity (Wildman–Crippen MR) is 121 cm³/mol. The summed E-state index contributed by atoms with van der Waals surface area (Å²) in [6.45, 7) is 6.34. The molecular formula is C24H27NO4S. The molecular weight excluding hydrogens is 398 g/mol. The van der Waals surface area contributed by atoms with E-state index in [9.17, 15) is 9.59 Å². The highest BCUT2D eigenvalue weighted by atomic mass is 32.1. The van der Waals surface area contributed by atoms with Gasteiger partial charge in [0.2, 0.25) is 6.04 Å². The molecule has 0 saturated carbocycles. The molecule has 2 aromatic carbocycles. The van der Waals surface area contributed by atoms with E-state index in [2.05, 4.69) is 0 Å². The van der Waals surface area contributed by atoms with Crippen molar-refractivity contribution in [1.82, 2.24) is 0 Å². The van der Waals surface area contributed by atoms with Gasteiger partial charge in [-0.2, -0.15) is 0 Å². The van der Waals surface area contributed by atoms with E-state index in [1.54, 1.807) is 16.2 Å². The summed E-state index contributed by atoms with van der Waals surface area (Å²) in [5.41, 5.74) is 2.61. The van der Waals surface area contributed by atoms with Crippen molar-refractivity contribution in [3.05, 3.63) is 59.5 Å². The first-order chi connectivity index (χ1) is 14.6. The largest absolute Gasteiger partial charge is 0.464 e. The van der Waals surface area contributed by atoms with Crippen LogP contribution in [-0.4, -0.2) is 31.2 Å². The maximum Gasteiger partial charge on any atom is 0.340 e. The van der Waals surface area contributed by atoms with Gasteiger partial charge in [0, 0.05) is 21.2 Å². The summed E-state index contributed by atoms with van der Waals surface area (Å²) in [6.07, 6.45) is 1.35. The molecule has 0 fully saturated rings. The van der Waals surface area contributed by atoms with Crippen molar-refractivity contribution in [2.75, 3.05) is 18.1 Å². The topological polar surface area (TPSA) is 55.8 Å². The molecule has 30 heavy (non-hydrogen) atoms. The number of hydrogen-bond acceptors (Lipinski definition) is 6. The standard InChI is InChI=1S/C24H27NO4S/c1-4-14-28-23(26)22(24(27)29-15-5-2)25(18-12-10-17(3)11-13-18)20-16-30-21-9-7-6-8-19(20)21/h6-13,16,22H,4-5,14-15H2,1-3H3. The Balaban J connectivity index is 2.14. The van der Waals surface area contributed by atoms with Crippen LogP contribution >= 0.6 is 11.3 Å². The third kappa shape index (κ3) is 4.82. The van der Waals surface area contributed by atoms with E-state index >= 15 is 0 Å². The van der Waals surface area contributed by atoms with Crippen LogP contribution in [0.15, 0.2) is 53.9 Å². The summed E-state index contributed by atoms with van der Waals surface area (Å²) >= 11 is 1.57. The van der Waals surface area contributed by atoms with Gasteiger partial charge < -0.3 is 14.4 Å². The van der Waals surface area contributed by atoms with Crippen LogP contribution in [0.2, 0.25) is 0 Å². The Bertz CT molecular complexity index is 976. The Morgan fingerprint density at radius 3 is 2.13 bits per heavy atom. The van der Waals surface area contributed by atoms with Crippen LogP contribution < -0.4 is 4.90 Å². The second-order valence-corrected chi connectivity index (χ2v) is 7.97. The second-order valence-electron chi connectivity index (χ2n) is 7.06. The Hall–Kier alpha value is -2.86. The van der Waals surface area contributed by atoms with Gasteiger partial charge in [-0.15, -0.1) is 11.3 Å². The average molecular weight is 426 g/mol. The molecule has 6 heteroatoms. The zero-order valence-corrected chi connectivity index (χ0v) is 18.4. The highest BCUT2D eigenvalue weighted by Gasteiger charge is 2.38. The van der Waals surface area contributed by atoms with E-state index < -0.39 is 18.0 Å². The van der Waals surface area contributed by atoms with Gasteiger partial charge in [0.25, 0.3) is 0 Å². The number of ether oxygens (including phenoxy) is 2. The van der Waals surface area contributed by atoms with Gasteiger partial charge in [-0.3, -0.25) is 0 Å². The van der Waals surface area contributed by atoms with E-state index in [1.165, 1.54) is 0 Å². The second kappa shape index (κ2) is 10.3. The van der Waals surface area contributed by atoms with Crippen LogP contribution in [0.3, 0.4) is 0 Å². The number of esters is 2. The molecule has 0 atom stereocenters. The monoisotopic (exact) mass is 425 g/mol. The van der Waals surface area contributed by atoms with Crippen molar-refractivity contribution >= 4 is 44.7 Å². The zero-order valence-electron chi connectivity index (χ0n) is 17.6. The predicted octanol–water partition coefficient (Wildman–Crippen LogP) is 5.62. The Labute approximate surface area is 181 Å². The molecule has 0 aliphatic heterocycles. The molecule has 0 unspecified atom stereocenters. The number of fused-ring (bicyclic) bond motifs is 1. The van der Waals surface area contributed by atoms with Crippen molar-refractivity contribution in [2.24, 2.45) is 0 Å². The lowest BCUT2D eigenvalue weighted by atomic mass is 10.1. The highest BCUT2D eigenvalue weighted by molar-refractivity contribution is 7.17. The van der Waals surface area contributed by atoms with Crippen molar-refractivity contribution in [3.63, 3.8) is 0 Å². The van der Waals surface area contributed by atoms with Crippen molar-refractivity contribution in [1.29, 1.82) is 0 Å². The molecule has 0 bridgehead atoms. The number of rotatable bonds is 9. The van der Waals surface area contributed by atoms with Crippen molar-refractivity contribution < 1.29 is 19.1 Å². The van der Waals surface area contributed by atoms with Gasteiger partial charge in [0.15, 0.2) is 0 Å². The van der Waals surface area contributed by atoms with Gasteiger partial charge >= 0.3 is 11.9 Å². The third-order valence-electron chi connectivity index (χ3n) is 4.63. The first-order valence-corrected chi connectivity index (χ1v) is 11.1. The number of carbonyl (C=O) groups is 2. The SMILES string of the molecule is CCCOC(=O)C(C(=O)OCCC)N(c1ccc(C)cc1)c1csc2ccccc12. The van der Waals surface area contributed by atoms with Crippen LogP contribution in [0, 0.1) is 6.92 Å². The van der Waals surface area contributed by atoms with Crippen LogP contribution in [-0.2, 0) is 19.1 Å². The lowest BCUT2D eigenvalue weighted by Gasteiger charge is -2.30. The molecule has 3 rings (SSSR count). The summed E-state index contributed by atoms with van der Waals surface area (Å²) in [6, 6.07) is 14.5. The molecule has 0 aliphatic rings. The molecule has 1 aromatic heterocycles. The van der Waals surface area contributed by atoms with E-state index in [-0.39, 0.29) is 13.2 Å². The molecule has 0 amide bonds. The minimum Gasteiger partial charge on any atom is -0.464 e. The highest BCUT2D eigenvalue weighted by Crippen LogP contribution is 2.38. The number of hydrogen-bond donors (Lipinski definition) is 0. The van der Waals surface area contributed by atoms with Crippen molar-refractivity contribution in [3.8, 4) is 0 Å². The van der Waals surface area contributed by atoms with Crippen LogP contribution in [0.5, 0.6) is 0 Å². The molecule has 0 radical (unpaired) electrons. The number of carbonyl (C=O) groups excluding carboxylic acids is 2. The quantitative estimate of drug-likeness (QED) is 0.329. The lowest BCUT2D eigenvalue weighted by molar-refractivity contribution is -0.156. The zero-order chi connectivity index (χ0) is 21.5. The summed E-state index contributed by atoms with van der Waals surface area (Å²) in [7, 11) is 0. The maximum absolute atomic E-state index is 13.1. The van der Waals surface area contributed by atoms with E-state index in [1.807, 2.05) is 74.7 Å². The van der Waals surface area contributed by atoms with E-state index in [4.69, 9.17) is 9.47 Å². The number of thiophene rings is 1. The molecule has 0 saturated heterocycles. The Kier molecular flexibility index (Phi) is 7.46. The summed E-state index contributed by atoms with van der Waals surface area (Å²) in [5.74, 6) is -1.21. The molecule has 158 valence electrons. The third-order valence-corrected chi connectivity index (χ3v) is 5.58. The Morgan fingerprint density at radius 1 is 0.933 bits per heavy atom. The minimum absolute atomic E-state index is 0.252. The van der Waals surface area contributed by atoms with Crippen molar-refractivity contribution in [2.45, 2.75) is 39.7 Å². The number of anilines is 2. The molecule has 5 nitrogen and oxygen atoms in total. The smallest absolute Gasteiger partial charge is 0.340 e. The van der Waals surface area contributed by atoms with Crippen LogP contribution in [0.4, 0.5) is 11.4 Å². The van der Waals surface area contributed by atoms with Gasteiger partial charge in [-0.25, -0.2) is 9.59 Å². The van der Waals surface area contributed by atoms with Crippen LogP contribution in [0.25, 0.3) is 10.1 Å². The fourth-order valence-electron chi connectivity index (χ4n) is 3.15. The van der Waals surface area contributed by atoms with Gasteiger partial charge in [-0.1, -0.05) is 49.7 Å². The van der Waals surface area contributed by atoms with Gasteiger partial charge in [0.05, 0.1) is 18.9 Å². The number of benzene rings is 2. The number of nitrogens with zero attached hydrogens (tertiary/aromatic N) is 1. The van der Waals surface area contributed by atoms with E-state index in [0.29, 0.717) is 12.8 Å². The fourth-order valence-corrected chi connectivity index (χ4v) is 4.09. The summed E-state index contributed by atoms with van der Waals surface area (Å²) in [5, 5.41) is 2.94. The number of aryl methyl sites for hydroxylation is 1. The first-order valence-electron chi connectivity index (χ1n) is 10.2. The first kappa shape index (κ1) is 21.8. The maximum atomic E-state index is 13.1. The minimum atomic E-state index is -1.22. The molecule has 1 heterocycles. The average Bonchev–Trinajstić information content (AvgIpc) is 3.18. The molecule has 0 aliphatic carbocycles. The molecule has 0 spiro atoms. The summed E-state index contributed by atoms with van der Waals surface area (Å²) in [4.78, 5) is 27.9. The normalized spacial score (nSPS) is 10.9. The van der Waals surface area contributed by atoms with Crippen LogP contribution in [0.1, 0.15) is 32.3 Å². The lowest BCUT2D eigenvalue weighted by Crippen LogP contribution is -2.46. The Morgan fingerprint density at radius 2 is 1.53 bits per heavy atom. The summed E-state index contributed by atoms with van der Waals surface area (Å²) < 4.78 is 11.9. The van der Waals surface area contributed by atoms with E-state index in [0.717, 1.165) is 27.0 Å². The van der Waals surface area contributed by atoms with Gasteiger partial charge in [-0.05, 0) is 38.0 Å².